The van der Waals surface area contributed by atoms with Crippen LogP contribution in [0.2, 0.25) is 0 Å². The molecule has 4 rings (SSSR count). The topological polar surface area (TPSA) is 76.8 Å². The number of hydrogen-bond donors (Lipinski definition) is 0. The predicted octanol–water partition coefficient (Wildman–Crippen LogP) is 3.55. The van der Waals surface area contributed by atoms with E-state index in [-0.39, 0.29) is 23.7 Å². The number of rotatable bonds is 5. The lowest BCUT2D eigenvalue weighted by Crippen LogP contribution is -2.43. The van der Waals surface area contributed by atoms with Gasteiger partial charge in [-0.25, -0.2) is 4.79 Å². The van der Waals surface area contributed by atoms with Gasteiger partial charge in [0.05, 0.1) is 6.26 Å². The molecule has 2 aliphatic rings. The van der Waals surface area contributed by atoms with Crippen LogP contribution in [0, 0.1) is 0 Å². The smallest absolute Gasteiger partial charge is 0.330 e. The number of ketones is 1. The Morgan fingerprint density at radius 1 is 1.17 bits per heavy atom. The molecule has 0 unspecified atom stereocenters. The molecule has 1 amide bonds. The quantitative estimate of drug-likeness (QED) is 0.551. The third-order valence-corrected chi connectivity index (χ3v) is 6.72. The maximum Gasteiger partial charge on any atom is 0.330 e. The second kappa shape index (κ2) is 8.45. The molecule has 1 fully saturated rings. The molecule has 2 aromatic rings. The number of benzene rings is 1. The van der Waals surface area contributed by atoms with Crippen LogP contribution in [0.15, 0.2) is 41.0 Å². The van der Waals surface area contributed by atoms with E-state index in [1.54, 1.807) is 18.2 Å². The van der Waals surface area contributed by atoms with Gasteiger partial charge in [-0.3, -0.25) is 9.59 Å². The van der Waals surface area contributed by atoms with Gasteiger partial charge in [0, 0.05) is 18.2 Å². The van der Waals surface area contributed by atoms with E-state index in [0.717, 1.165) is 19.3 Å². The summed E-state index contributed by atoms with van der Waals surface area (Å²) in [6.45, 7) is 1.09. The van der Waals surface area contributed by atoms with Crippen molar-refractivity contribution in [2.45, 2.75) is 44.0 Å². The van der Waals surface area contributed by atoms with E-state index in [9.17, 15) is 14.4 Å². The number of aryl methyl sites for hydroxylation is 2. The van der Waals surface area contributed by atoms with Gasteiger partial charge < -0.3 is 14.1 Å². The monoisotopic (exact) mass is 413 g/mol. The molecule has 6 nitrogen and oxygen atoms in total. The Morgan fingerprint density at radius 2 is 1.97 bits per heavy atom. The van der Waals surface area contributed by atoms with Crippen molar-refractivity contribution in [3.05, 3.63) is 59.0 Å². The van der Waals surface area contributed by atoms with Gasteiger partial charge in [0.15, 0.2) is 12.4 Å². The lowest BCUT2D eigenvalue weighted by molar-refractivity contribution is -0.152. The Morgan fingerprint density at radius 3 is 2.69 bits per heavy atom. The van der Waals surface area contributed by atoms with Crippen LogP contribution in [-0.4, -0.2) is 41.0 Å². The number of amides is 1. The highest BCUT2D eigenvalue weighted by Crippen LogP contribution is 2.41. The lowest BCUT2D eigenvalue weighted by atomic mass is 9.90. The van der Waals surface area contributed by atoms with Crippen molar-refractivity contribution < 1.29 is 23.5 Å². The molecule has 29 heavy (non-hydrogen) atoms. The van der Waals surface area contributed by atoms with E-state index < -0.39 is 12.0 Å². The molecule has 1 aromatic carbocycles. The fourth-order valence-electron chi connectivity index (χ4n) is 3.95. The zero-order valence-corrected chi connectivity index (χ0v) is 17.1. The number of carbonyl (C=O) groups excluding carboxylic acids is 3. The van der Waals surface area contributed by atoms with Crippen molar-refractivity contribution in [2.24, 2.45) is 0 Å². The van der Waals surface area contributed by atoms with E-state index in [1.165, 1.54) is 47.4 Å². The molecule has 152 valence electrons. The average Bonchev–Trinajstić information content (AvgIpc) is 3.40. The Kier molecular flexibility index (Phi) is 5.76. The molecule has 0 bridgehead atoms. The van der Waals surface area contributed by atoms with Gasteiger partial charge in [-0.15, -0.1) is 11.8 Å². The zero-order valence-electron chi connectivity index (χ0n) is 16.3. The SMILES string of the molecule is CC(=O)N1[C@@H](C(=O)OCC(=O)c2ccc3c(c2)CCCC3)CS[C@H]1c1ccco1. The van der Waals surface area contributed by atoms with Gasteiger partial charge in [-0.05, 0) is 55.0 Å². The molecule has 2 atom stereocenters. The van der Waals surface area contributed by atoms with Gasteiger partial charge in [-0.2, -0.15) is 0 Å². The van der Waals surface area contributed by atoms with Crippen LogP contribution >= 0.6 is 11.8 Å². The second-order valence-corrected chi connectivity index (χ2v) is 8.48. The first-order chi connectivity index (χ1) is 14.0. The summed E-state index contributed by atoms with van der Waals surface area (Å²) in [6, 6.07) is 8.52. The molecule has 1 aliphatic carbocycles. The molecule has 0 spiro atoms. The summed E-state index contributed by atoms with van der Waals surface area (Å²) in [5.74, 6) is -0.0102. The Labute approximate surface area is 173 Å². The van der Waals surface area contributed by atoms with Crippen LogP contribution in [0.25, 0.3) is 0 Å². The molecular formula is C22H23NO5S. The number of fused-ring (bicyclic) bond motifs is 1. The van der Waals surface area contributed by atoms with Crippen molar-refractivity contribution in [2.75, 3.05) is 12.4 Å². The van der Waals surface area contributed by atoms with Crippen molar-refractivity contribution >= 4 is 29.4 Å². The summed E-state index contributed by atoms with van der Waals surface area (Å²) < 4.78 is 10.7. The molecule has 0 radical (unpaired) electrons. The fourth-order valence-corrected chi connectivity index (χ4v) is 5.36. The van der Waals surface area contributed by atoms with Crippen molar-refractivity contribution in [3.8, 4) is 0 Å². The van der Waals surface area contributed by atoms with Gasteiger partial charge in [0.1, 0.15) is 17.2 Å². The highest BCUT2D eigenvalue weighted by atomic mass is 32.2. The number of furan rings is 1. The van der Waals surface area contributed by atoms with E-state index in [4.69, 9.17) is 9.15 Å². The fraction of sp³-hybridized carbons (Fsp3) is 0.409. The Hall–Kier alpha value is -2.54. The third-order valence-electron chi connectivity index (χ3n) is 5.44. The van der Waals surface area contributed by atoms with E-state index in [1.807, 2.05) is 12.1 Å². The van der Waals surface area contributed by atoms with E-state index >= 15 is 0 Å². The van der Waals surface area contributed by atoms with Crippen LogP contribution in [-0.2, 0) is 27.2 Å². The summed E-state index contributed by atoms with van der Waals surface area (Å²) in [7, 11) is 0. The van der Waals surface area contributed by atoms with E-state index in [0.29, 0.717) is 17.1 Å². The van der Waals surface area contributed by atoms with Gasteiger partial charge in [0.2, 0.25) is 5.91 Å². The minimum atomic E-state index is -0.732. The number of nitrogens with zero attached hydrogens (tertiary/aromatic N) is 1. The van der Waals surface area contributed by atoms with E-state index in [2.05, 4.69) is 0 Å². The largest absolute Gasteiger partial charge is 0.466 e. The van der Waals surface area contributed by atoms with Crippen LogP contribution in [0.3, 0.4) is 0 Å². The second-order valence-electron chi connectivity index (χ2n) is 7.36. The summed E-state index contributed by atoms with van der Waals surface area (Å²) in [5, 5.41) is -0.364. The summed E-state index contributed by atoms with van der Waals surface area (Å²) in [4.78, 5) is 38.8. The number of carbonyl (C=O) groups is 3. The van der Waals surface area contributed by atoms with Crippen LogP contribution < -0.4 is 0 Å². The molecule has 1 aliphatic heterocycles. The molecule has 1 saturated heterocycles. The normalized spacial score (nSPS) is 20.9. The van der Waals surface area contributed by atoms with Crippen LogP contribution in [0.5, 0.6) is 0 Å². The summed E-state index contributed by atoms with van der Waals surface area (Å²) in [5.41, 5.74) is 3.08. The number of Topliss-reactive ketones (excluding diaryl/α,β-unsaturated/α-hetero) is 1. The molecule has 0 N–H and O–H groups in total. The van der Waals surface area contributed by atoms with Crippen molar-refractivity contribution in [3.63, 3.8) is 0 Å². The van der Waals surface area contributed by atoms with Crippen LogP contribution in [0.1, 0.15) is 52.4 Å². The average molecular weight is 413 g/mol. The van der Waals surface area contributed by atoms with Gasteiger partial charge >= 0.3 is 5.97 Å². The Balaban J connectivity index is 1.40. The molecule has 0 saturated carbocycles. The first-order valence-corrected chi connectivity index (χ1v) is 10.8. The van der Waals surface area contributed by atoms with Crippen molar-refractivity contribution in [1.82, 2.24) is 4.90 Å². The summed E-state index contributed by atoms with van der Waals surface area (Å²) >= 11 is 1.44. The number of ether oxygens (including phenoxy) is 1. The standard InChI is InChI=1S/C22H23NO5S/c1-14(24)23-18(13-29-21(23)20-7-4-10-27-20)22(26)28-12-19(25)17-9-8-15-5-2-3-6-16(15)11-17/h4,7-11,18,21H,2-3,5-6,12-13H2,1H3/t18-,21+/m1/s1. The number of esters is 1. The molecule has 2 heterocycles. The minimum absolute atomic E-state index is 0.227. The molecular weight excluding hydrogens is 390 g/mol. The van der Waals surface area contributed by atoms with Crippen molar-refractivity contribution in [1.29, 1.82) is 0 Å². The maximum absolute atomic E-state index is 12.6. The summed E-state index contributed by atoms with van der Waals surface area (Å²) in [6.07, 6.45) is 5.89. The molecule has 7 heteroatoms. The zero-order chi connectivity index (χ0) is 20.4. The number of hydrogen-bond acceptors (Lipinski definition) is 6. The maximum atomic E-state index is 12.6. The lowest BCUT2D eigenvalue weighted by Gasteiger charge is -2.25. The highest BCUT2D eigenvalue weighted by molar-refractivity contribution is 7.99. The van der Waals surface area contributed by atoms with Gasteiger partial charge in [-0.1, -0.05) is 12.1 Å². The Bertz CT molecular complexity index is 923. The first kappa shape index (κ1) is 19.8. The number of thioether (sulfide) groups is 1. The van der Waals surface area contributed by atoms with Gasteiger partial charge in [0.25, 0.3) is 0 Å². The third kappa shape index (κ3) is 4.10. The minimum Gasteiger partial charge on any atom is -0.466 e. The molecule has 1 aromatic heterocycles. The predicted molar refractivity (Wildman–Crippen MR) is 109 cm³/mol. The first-order valence-electron chi connectivity index (χ1n) is 9.80. The highest BCUT2D eigenvalue weighted by Gasteiger charge is 2.43. The van der Waals surface area contributed by atoms with Crippen LogP contribution in [0.4, 0.5) is 0 Å².